The van der Waals surface area contributed by atoms with Gasteiger partial charge in [0.15, 0.2) is 5.96 Å². The number of hydrogen-bond donors (Lipinski definition) is 3. The van der Waals surface area contributed by atoms with Gasteiger partial charge in [0.2, 0.25) is 0 Å². The van der Waals surface area contributed by atoms with Crippen LogP contribution in [-0.4, -0.2) is 46.4 Å². The van der Waals surface area contributed by atoms with Crippen LogP contribution in [0, 0.1) is 0 Å². The number of methoxy groups -OCH3 is 1. The molecule has 0 radical (unpaired) electrons. The van der Waals surface area contributed by atoms with Gasteiger partial charge in [-0.1, -0.05) is 24.3 Å². The lowest BCUT2D eigenvalue weighted by Crippen LogP contribution is -2.37. The van der Waals surface area contributed by atoms with E-state index in [-0.39, 0.29) is 0 Å². The van der Waals surface area contributed by atoms with Crippen molar-refractivity contribution in [3.8, 4) is 5.75 Å². The zero-order chi connectivity index (χ0) is 19.6. The van der Waals surface area contributed by atoms with Gasteiger partial charge >= 0.3 is 0 Å². The second kappa shape index (κ2) is 10.6. The number of hydrogen-bond acceptors (Lipinski definition) is 4. The number of nitrogens with zero attached hydrogens (tertiary/aromatic N) is 1. The molecule has 1 heterocycles. The van der Waals surface area contributed by atoms with E-state index >= 15 is 0 Å². The molecule has 6 nitrogen and oxygen atoms in total. The summed E-state index contributed by atoms with van der Waals surface area (Å²) in [5.74, 6) is 1.85. The minimum atomic E-state index is 0.699. The van der Waals surface area contributed by atoms with E-state index < -0.39 is 0 Å². The molecule has 0 saturated heterocycles. The maximum Gasteiger partial charge on any atom is 0.191 e. The average molecular weight is 383 g/mol. The number of fused-ring (bicyclic) bond motifs is 1. The summed E-state index contributed by atoms with van der Waals surface area (Å²) in [4.78, 5) is 4.31. The van der Waals surface area contributed by atoms with E-state index in [0.29, 0.717) is 6.61 Å². The summed E-state index contributed by atoms with van der Waals surface area (Å²) in [5.41, 5.74) is 4.95. The first-order valence-corrected chi connectivity index (χ1v) is 9.79. The Bertz CT molecular complexity index is 775. The molecule has 28 heavy (non-hydrogen) atoms. The molecule has 0 unspecified atom stereocenters. The van der Waals surface area contributed by atoms with Gasteiger partial charge in [-0.2, -0.15) is 0 Å². The van der Waals surface area contributed by atoms with Crippen molar-refractivity contribution in [2.75, 3.05) is 45.8 Å². The maximum atomic E-state index is 5.57. The molecule has 2 aromatic rings. The lowest BCUT2D eigenvalue weighted by molar-refractivity contribution is 0.211. The molecule has 2 aromatic carbocycles. The van der Waals surface area contributed by atoms with Gasteiger partial charge in [-0.25, -0.2) is 0 Å². The van der Waals surface area contributed by atoms with Crippen LogP contribution in [0.15, 0.2) is 47.5 Å². The van der Waals surface area contributed by atoms with Gasteiger partial charge in [-0.05, 0) is 41.3 Å². The van der Waals surface area contributed by atoms with Crippen molar-refractivity contribution in [3.63, 3.8) is 0 Å². The second-order valence-corrected chi connectivity index (χ2v) is 6.76. The third-order valence-electron chi connectivity index (χ3n) is 4.73. The third kappa shape index (κ3) is 5.89. The van der Waals surface area contributed by atoms with Gasteiger partial charge in [0, 0.05) is 45.9 Å². The second-order valence-electron chi connectivity index (χ2n) is 6.76. The van der Waals surface area contributed by atoms with Crippen molar-refractivity contribution >= 4 is 11.6 Å². The Labute approximate surface area is 167 Å². The Hall–Kier alpha value is -2.73. The van der Waals surface area contributed by atoms with Gasteiger partial charge < -0.3 is 25.4 Å². The van der Waals surface area contributed by atoms with Crippen molar-refractivity contribution in [3.05, 3.63) is 59.2 Å². The van der Waals surface area contributed by atoms with E-state index in [1.807, 2.05) is 0 Å². The SMILES string of the molecule is CN=C(NCCc1ccc2c(c1)CCO2)NCc1ccc(NCCOC)cc1. The number of nitrogens with one attached hydrogen (secondary N) is 3. The molecule has 0 fully saturated rings. The Morgan fingerprint density at radius 3 is 2.68 bits per heavy atom. The molecule has 0 saturated carbocycles. The molecule has 6 heteroatoms. The number of rotatable bonds is 9. The molecule has 0 aliphatic carbocycles. The van der Waals surface area contributed by atoms with Gasteiger partial charge in [0.25, 0.3) is 0 Å². The number of benzene rings is 2. The van der Waals surface area contributed by atoms with E-state index in [2.05, 4.69) is 63.4 Å². The lowest BCUT2D eigenvalue weighted by Gasteiger charge is -2.13. The molecule has 0 atom stereocenters. The lowest BCUT2D eigenvalue weighted by atomic mass is 10.1. The topological polar surface area (TPSA) is 66.9 Å². The smallest absolute Gasteiger partial charge is 0.191 e. The molecule has 1 aliphatic heterocycles. The fraction of sp³-hybridized carbons (Fsp3) is 0.409. The van der Waals surface area contributed by atoms with Gasteiger partial charge in [-0.15, -0.1) is 0 Å². The summed E-state index contributed by atoms with van der Waals surface area (Å²) in [6.07, 6.45) is 1.97. The first-order chi connectivity index (χ1) is 13.8. The minimum Gasteiger partial charge on any atom is -0.493 e. The zero-order valence-corrected chi connectivity index (χ0v) is 16.8. The van der Waals surface area contributed by atoms with E-state index in [0.717, 1.165) is 56.5 Å². The summed E-state index contributed by atoms with van der Waals surface area (Å²) in [7, 11) is 3.50. The fourth-order valence-corrected chi connectivity index (χ4v) is 3.16. The zero-order valence-electron chi connectivity index (χ0n) is 16.8. The summed E-state index contributed by atoms with van der Waals surface area (Å²) in [5, 5.41) is 10.1. The standard InChI is InChI=1S/C22H30N4O2/c1-23-22(25-11-9-17-5-8-21-19(15-17)10-13-28-21)26-16-18-3-6-20(7-4-18)24-12-14-27-2/h3-8,15,24H,9-14,16H2,1-2H3,(H2,23,25,26). The summed E-state index contributed by atoms with van der Waals surface area (Å²) in [6, 6.07) is 14.9. The molecule has 0 spiro atoms. The Balaban J connectivity index is 1.39. The van der Waals surface area contributed by atoms with E-state index in [9.17, 15) is 0 Å². The third-order valence-corrected chi connectivity index (χ3v) is 4.73. The van der Waals surface area contributed by atoms with Gasteiger partial charge in [0.1, 0.15) is 5.75 Å². The van der Waals surface area contributed by atoms with Gasteiger partial charge in [-0.3, -0.25) is 4.99 Å². The number of ether oxygens (including phenoxy) is 2. The number of guanidine groups is 1. The first kappa shape index (κ1) is 20.0. The van der Waals surface area contributed by atoms with Crippen LogP contribution in [0.25, 0.3) is 0 Å². The normalized spacial score (nSPS) is 13.0. The number of anilines is 1. The van der Waals surface area contributed by atoms with Crippen LogP contribution in [0.2, 0.25) is 0 Å². The predicted octanol–water partition coefficient (Wildman–Crippen LogP) is 2.59. The molecular formula is C22H30N4O2. The Morgan fingerprint density at radius 1 is 1.07 bits per heavy atom. The van der Waals surface area contributed by atoms with Crippen molar-refractivity contribution in [1.82, 2.24) is 10.6 Å². The van der Waals surface area contributed by atoms with Crippen LogP contribution in [0.5, 0.6) is 5.75 Å². The molecule has 0 bridgehead atoms. The van der Waals surface area contributed by atoms with Crippen LogP contribution in [-0.2, 0) is 24.1 Å². The van der Waals surface area contributed by atoms with Crippen molar-refractivity contribution in [2.24, 2.45) is 4.99 Å². The van der Waals surface area contributed by atoms with Crippen molar-refractivity contribution in [1.29, 1.82) is 0 Å². The molecule has 0 aromatic heterocycles. The van der Waals surface area contributed by atoms with E-state index in [4.69, 9.17) is 9.47 Å². The monoisotopic (exact) mass is 382 g/mol. The Morgan fingerprint density at radius 2 is 1.89 bits per heavy atom. The molecule has 3 rings (SSSR count). The highest BCUT2D eigenvalue weighted by molar-refractivity contribution is 5.79. The maximum absolute atomic E-state index is 5.57. The van der Waals surface area contributed by atoms with Crippen molar-refractivity contribution < 1.29 is 9.47 Å². The first-order valence-electron chi connectivity index (χ1n) is 9.79. The molecule has 150 valence electrons. The van der Waals surface area contributed by atoms with Crippen LogP contribution >= 0.6 is 0 Å². The van der Waals surface area contributed by atoms with Crippen LogP contribution < -0.4 is 20.7 Å². The van der Waals surface area contributed by atoms with Crippen molar-refractivity contribution in [2.45, 2.75) is 19.4 Å². The highest BCUT2D eigenvalue weighted by Crippen LogP contribution is 2.25. The van der Waals surface area contributed by atoms with Crippen LogP contribution in [0.4, 0.5) is 5.69 Å². The molecule has 0 amide bonds. The highest BCUT2D eigenvalue weighted by atomic mass is 16.5. The van der Waals surface area contributed by atoms with E-state index in [1.165, 1.54) is 16.7 Å². The minimum absolute atomic E-state index is 0.699. The van der Waals surface area contributed by atoms with Crippen LogP contribution in [0.1, 0.15) is 16.7 Å². The van der Waals surface area contributed by atoms with E-state index in [1.54, 1.807) is 14.2 Å². The van der Waals surface area contributed by atoms with Crippen LogP contribution in [0.3, 0.4) is 0 Å². The quantitative estimate of drug-likeness (QED) is 0.353. The molecular weight excluding hydrogens is 352 g/mol. The highest BCUT2D eigenvalue weighted by Gasteiger charge is 2.11. The molecule has 1 aliphatic rings. The largest absolute Gasteiger partial charge is 0.493 e. The summed E-state index contributed by atoms with van der Waals surface area (Å²) >= 11 is 0. The number of aliphatic imine (C=N–C) groups is 1. The molecule has 3 N–H and O–H groups in total. The van der Waals surface area contributed by atoms with Gasteiger partial charge in [0.05, 0.1) is 13.2 Å². The Kier molecular flexibility index (Phi) is 7.55. The fourth-order valence-electron chi connectivity index (χ4n) is 3.16. The summed E-state index contributed by atoms with van der Waals surface area (Å²) in [6.45, 7) is 3.88. The average Bonchev–Trinajstić information content (AvgIpc) is 3.19. The predicted molar refractivity (Wildman–Crippen MR) is 114 cm³/mol. The summed E-state index contributed by atoms with van der Waals surface area (Å²) < 4.78 is 10.6.